The van der Waals surface area contributed by atoms with E-state index in [0.717, 1.165) is 57.2 Å². The second-order valence-corrected chi connectivity index (χ2v) is 18.0. The van der Waals surface area contributed by atoms with Crippen molar-refractivity contribution in [2.45, 2.75) is 87.0 Å². The van der Waals surface area contributed by atoms with Crippen LogP contribution in [0.1, 0.15) is 91.3 Å². The Balaban J connectivity index is 1.32. The molecule has 1 saturated carbocycles. The predicted octanol–water partition coefficient (Wildman–Crippen LogP) is 13.6. The summed E-state index contributed by atoms with van der Waals surface area (Å²) in [5.74, 6) is 3.30. The van der Waals surface area contributed by atoms with Gasteiger partial charge < -0.3 is 23.7 Å². The highest BCUT2D eigenvalue weighted by Gasteiger charge is 2.51. The summed E-state index contributed by atoms with van der Waals surface area (Å²) < 4.78 is 31.0. The number of rotatable bonds is 12. The Morgan fingerprint density at radius 3 is 1.98 bits per heavy atom. The number of methoxy groups -OCH3 is 3. The molecule has 6 heteroatoms. The highest BCUT2D eigenvalue weighted by Crippen LogP contribution is 2.65. The molecule has 0 saturated heterocycles. The highest BCUT2D eigenvalue weighted by atomic mass is 32.2. The van der Waals surface area contributed by atoms with Crippen molar-refractivity contribution in [3.05, 3.63) is 148 Å². The molecule has 0 aromatic heterocycles. The first-order valence-electron chi connectivity index (χ1n) is 21.5. The fraction of sp³-hybridized carbons (Fsp3) is 0.333. The molecule has 0 bridgehead atoms. The summed E-state index contributed by atoms with van der Waals surface area (Å²) in [4.78, 5) is 2.36. The van der Waals surface area contributed by atoms with E-state index in [4.69, 9.17) is 23.7 Å². The lowest BCUT2D eigenvalue weighted by Gasteiger charge is -2.47. The molecular weight excluding hydrogens is 761 g/mol. The number of benzene rings is 6. The first-order valence-corrected chi connectivity index (χ1v) is 22.4. The van der Waals surface area contributed by atoms with Crippen LogP contribution in [-0.2, 0) is 15.8 Å². The van der Waals surface area contributed by atoms with Crippen LogP contribution >= 0.6 is 11.8 Å². The van der Waals surface area contributed by atoms with Crippen molar-refractivity contribution in [2.24, 2.45) is 5.41 Å². The van der Waals surface area contributed by atoms with Crippen LogP contribution in [0, 0.1) is 19.3 Å². The van der Waals surface area contributed by atoms with E-state index in [0.29, 0.717) is 18.6 Å². The third kappa shape index (κ3) is 6.49. The van der Waals surface area contributed by atoms with Gasteiger partial charge in [-0.1, -0.05) is 111 Å². The van der Waals surface area contributed by atoms with Gasteiger partial charge in [0.2, 0.25) is 0 Å². The van der Waals surface area contributed by atoms with Gasteiger partial charge in [-0.25, -0.2) is 0 Å². The van der Waals surface area contributed by atoms with Gasteiger partial charge in [-0.05, 0) is 126 Å². The molecule has 1 atom stereocenters. The quantitative estimate of drug-likeness (QED) is 0.115. The molecule has 1 heterocycles. The highest BCUT2D eigenvalue weighted by molar-refractivity contribution is 7.99. The van der Waals surface area contributed by atoms with Gasteiger partial charge in [0, 0.05) is 39.5 Å². The molecule has 0 radical (unpaired) electrons. The lowest BCUT2D eigenvalue weighted by molar-refractivity contribution is 0.132. The Kier molecular flexibility index (Phi) is 10.7. The van der Waals surface area contributed by atoms with Gasteiger partial charge in [0.05, 0.1) is 25.7 Å². The molecule has 60 heavy (non-hydrogen) atoms. The fourth-order valence-electron chi connectivity index (χ4n) is 10.5. The van der Waals surface area contributed by atoms with E-state index < -0.39 is 5.60 Å². The van der Waals surface area contributed by atoms with Crippen molar-refractivity contribution >= 4 is 28.6 Å². The van der Waals surface area contributed by atoms with Gasteiger partial charge >= 0.3 is 0 Å². The van der Waals surface area contributed by atoms with Gasteiger partial charge in [-0.2, -0.15) is 0 Å². The maximum Gasteiger partial charge on any atom is 0.178 e. The Morgan fingerprint density at radius 1 is 0.683 bits per heavy atom. The molecule has 9 rings (SSSR count). The second kappa shape index (κ2) is 16.0. The zero-order valence-corrected chi connectivity index (χ0v) is 36.9. The first-order chi connectivity index (χ1) is 29.2. The van der Waals surface area contributed by atoms with E-state index in [1.54, 1.807) is 33.1 Å². The van der Waals surface area contributed by atoms with Crippen LogP contribution in [0.3, 0.4) is 0 Å². The summed E-state index contributed by atoms with van der Waals surface area (Å²) in [6, 6.07) is 37.0. The van der Waals surface area contributed by atoms with Gasteiger partial charge in [-0.15, -0.1) is 0 Å². The first kappa shape index (κ1) is 40.2. The summed E-state index contributed by atoms with van der Waals surface area (Å²) in [6.07, 6.45) is 11.7. The van der Waals surface area contributed by atoms with Crippen LogP contribution in [0.25, 0.3) is 28.0 Å². The van der Waals surface area contributed by atoms with Crippen LogP contribution in [0.15, 0.2) is 119 Å². The molecule has 308 valence electrons. The van der Waals surface area contributed by atoms with Crippen LogP contribution in [0.4, 0.5) is 0 Å². The van der Waals surface area contributed by atoms with Crippen LogP contribution in [0.2, 0.25) is 0 Å². The summed E-state index contributed by atoms with van der Waals surface area (Å²) in [5, 5.41) is 2.25. The van der Waals surface area contributed by atoms with Gasteiger partial charge in [0.25, 0.3) is 0 Å². The fourth-order valence-corrected chi connectivity index (χ4v) is 11.6. The number of fused-ring (bicyclic) bond motifs is 10. The van der Waals surface area contributed by atoms with Crippen molar-refractivity contribution < 1.29 is 23.7 Å². The van der Waals surface area contributed by atoms with Crippen molar-refractivity contribution in [3.63, 3.8) is 0 Å². The maximum atomic E-state index is 7.80. The average Bonchev–Trinajstić information content (AvgIpc) is 3.57. The van der Waals surface area contributed by atoms with E-state index >= 15 is 0 Å². The molecule has 1 unspecified atom stereocenters. The topological polar surface area (TPSA) is 46.2 Å². The summed E-state index contributed by atoms with van der Waals surface area (Å²) >= 11 is 1.80. The maximum absolute atomic E-state index is 7.80. The van der Waals surface area contributed by atoms with Gasteiger partial charge in [0.1, 0.15) is 29.6 Å². The molecule has 1 fully saturated rings. The molecule has 0 N–H and O–H groups in total. The van der Waals surface area contributed by atoms with E-state index in [-0.39, 0.29) is 5.41 Å². The third-order valence-corrected chi connectivity index (χ3v) is 15.6. The zero-order chi connectivity index (χ0) is 41.6. The second-order valence-electron chi connectivity index (χ2n) is 17.0. The molecule has 0 amide bonds. The lowest BCUT2D eigenvalue weighted by Crippen LogP contribution is -2.38. The van der Waals surface area contributed by atoms with Gasteiger partial charge in [0.15, 0.2) is 5.60 Å². The van der Waals surface area contributed by atoms with Crippen molar-refractivity contribution in [3.8, 4) is 34.1 Å². The SMILES string of the molecule is CCC1(CC)CCC2(CC1)c1ccccc1-c1c2c2c(c3cc(OC)c(Sc4c(C)cccc4C)cc13)OC(c1ccc(OC)cc1)(c1ccc(OCCOC)cc1)C=C2. The number of aryl methyl sites for hydroxylation is 2. The molecule has 1 spiro atoms. The Hall–Kier alpha value is -5.17. The molecule has 1 aliphatic heterocycles. The largest absolute Gasteiger partial charge is 0.497 e. The van der Waals surface area contributed by atoms with E-state index in [1.165, 1.54) is 74.9 Å². The predicted molar refractivity (Wildman–Crippen MR) is 245 cm³/mol. The third-order valence-electron chi connectivity index (χ3n) is 14.2. The molecule has 6 aromatic carbocycles. The molecular formula is C54H56O5S. The Morgan fingerprint density at radius 2 is 1.35 bits per heavy atom. The normalized spacial score (nSPS) is 18.1. The Bertz CT molecular complexity index is 2560. The van der Waals surface area contributed by atoms with Crippen LogP contribution in [-0.4, -0.2) is 34.5 Å². The lowest BCUT2D eigenvalue weighted by atomic mass is 9.58. The smallest absolute Gasteiger partial charge is 0.178 e. The minimum absolute atomic E-state index is 0.132. The van der Waals surface area contributed by atoms with Gasteiger partial charge in [-0.3, -0.25) is 0 Å². The summed E-state index contributed by atoms with van der Waals surface area (Å²) in [5.41, 5.74) is 10.6. The van der Waals surface area contributed by atoms with Crippen LogP contribution in [0.5, 0.6) is 23.0 Å². The number of hydrogen-bond acceptors (Lipinski definition) is 6. The Labute approximate surface area is 360 Å². The molecule has 3 aliphatic rings. The summed E-state index contributed by atoms with van der Waals surface area (Å²) in [6.45, 7) is 10.2. The van der Waals surface area contributed by atoms with E-state index in [2.05, 4.69) is 119 Å². The van der Waals surface area contributed by atoms with Crippen molar-refractivity contribution in [1.29, 1.82) is 0 Å². The minimum atomic E-state index is -0.949. The van der Waals surface area contributed by atoms with E-state index in [1.807, 2.05) is 24.3 Å². The molecule has 5 nitrogen and oxygen atoms in total. The average molecular weight is 817 g/mol. The van der Waals surface area contributed by atoms with E-state index in [9.17, 15) is 0 Å². The van der Waals surface area contributed by atoms with Crippen molar-refractivity contribution in [1.82, 2.24) is 0 Å². The number of hydrogen-bond donors (Lipinski definition) is 0. The minimum Gasteiger partial charge on any atom is -0.497 e. The summed E-state index contributed by atoms with van der Waals surface area (Å²) in [7, 11) is 5.18. The number of ether oxygens (including phenoxy) is 5. The molecule has 6 aromatic rings. The molecule has 2 aliphatic carbocycles. The standard InChI is InChI=1S/C54H56O5S/c1-8-52(9-2)27-29-53(30-28-52)45-16-11-10-15-41(45)48-43-34-47(60-51-35(3)13-12-14-36(51)4)46(57-7)33-44(43)50-42(49(48)53)25-26-54(59-50,37-17-21-39(56-6)22-18-37)38-19-23-40(24-20-38)58-32-31-55-5/h10-26,33-34H,8-9,27-32H2,1-7H3. The van der Waals surface area contributed by atoms with Crippen molar-refractivity contribution in [2.75, 3.05) is 34.5 Å². The monoisotopic (exact) mass is 816 g/mol. The zero-order valence-electron chi connectivity index (χ0n) is 36.1. The van der Waals surface area contributed by atoms with Crippen LogP contribution < -0.4 is 18.9 Å².